The fourth-order valence-corrected chi connectivity index (χ4v) is 3.44. The lowest BCUT2D eigenvalue weighted by Gasteiger charge is -2.06. The van der Waals surface area contributed by atoms with Crippen molar-refractivity contribution in [2.24, 2.45) is 14.1 Å². The molecule has 0 unspecified atom stereocenters. The number of hydrogen-bond donors (Lipinski definition) is 0. The summed E-state index contributed by atoms with van der Waals surface area (Å²) in [7, 11) is 3.23. The number of benzene rings is 2. The summed E-state index contributed by atoms with van der Waals surface area (Å²) in [6, 6.07) is 15.1. The van der Waals surface area contributed by atoms with E-state index in [0.29, 0.717) is 10.7 Å². The van der Waals surface area contributed by atoms with Crippen molar-refractivity contribution in [2.45, 2.75) is 0 Å². The molecule has 132 valence electrons. The molecule has 1 heterocycles. The second kappa shape index (κ2) is 7.60. The van der Waals surface area contributed by atoms with Crippen LogP contribution in [-0.2, 0) is 14.1 Å². The highest BCUT2D eigenvalue weighted by molar-refractivity contribution is 9.10. The van der Waals surface area contributed by atoms with Crippen LogP contribution < -0.4 is 21.8 Å². The molecule has 0 aliphatic heterocycles. The van der Waals surface area contributed by atoms with E-state index in [-0.39, 0.29) is 11.1 Å². The van der Waals surface area contributed by atoms with Gasteiger partial charge in [0.05, 0.1) is 0 Å². The van der Waals surface area contributed by atoms with Crippen LogP contribution in [0.2, 0.25) is 0 Å². The molecule has 0 atom stereocenters. The highest BCUT2D eigenvalue weighted by atomic mass is 79.9. The molecule has 0 saturated carbocycles. The average Bonchev–Trinajstić information content (AvgIpc) is 2.63. The van der Waals surface area contributed by atoms with Gasteiger partial charge in [0.1, 0.15) is 10.7 Å². The third kappa shape index (κ3) is 3.52. The van der Waals surface area contributed by atoms with E-state index >= 15 is 0 Å². The molecule has 1 aromatic heterocycles. The standard InChI is InChI=1S/C20H16Br2N2O2/c1-23-17(11-13-7-3-5-9-15(13)21)20(26)24(2)18(19(23)25)12-14-8-4-6-10-16(14)22/h3-12H,1-2H3/b17-11-,18-12-. The Morgan fingerprint density at radius 1 is 0.692 bits per heavy atom. The van der Waals surface area contributed by atoms with E-state index in [2.05, 4.69) is 31.9 Å². The first-order valence-corrected chi connectivity index (χ1v) is 9.47. The molecule has 4 nitrogen and oxygen atoms in total. The lowest BCUT2D eigenvalue weighted by atomic mass is 10.2. The Balaban J connectivity index is 2.35. The number of halogens is 2. The summed E-state index contributed by atoms with van der Waals surface area (Å²) >= 11 is 6.94. The van der Waals surface area contributed by atoms with E-state index in [4.69, 9.17) is 0 Å². The molecule has 3 aromatic rings. The van der Waals surface area contributed by atoms with Gasteiger partial charge in [0.25, 0.3) is 11.1 Å². The zero-order valence-electron chi connectivity index (χ0n) is 14.2. The van der Waals surface area contributed by atoms with Gasteiger partial charge in [-0.1, -0.05) is 68.3 Å². The summed E-state index contributed by atoms with van der Waals surface area (Å²) in [5.74, 6) is 0. The zero-order valence-corrected chi connectivity index (χ0v) is 17.4. The van der Waals surface area contributed by atoms with Gasteiger partial charge in [-0.15, -0.1) is 0 Å². The molecule has 0 spiro atoms. The normalized spacial score (nSPS) is 12.6. The minimum atomic E-state index is -0.235. The molecule has 0 saturated heterocycles. The fraction of sp³-hybridized carbons (Fsp3) is 0.100. The van der Waals surface area contributed by atoms with Crippen LogP contribution in [0.4, 0.5) is 0 Å². The molecule has 0 bridgehead atoms. The summed E-state index contributed by atoms with van der Waals surface area (Å²) in [6.07, 6.45) is 3.44. The van der Waals surface area contributed by atoms with Gasteiger partial charge < -0.3 is 9.13 Å². The van der Waals surface area contributed by atoms with Gasteiger partial charge in [-0.05, 0) is 35.4 Å². The van der Waals surface area contributed by atoms with Crippen LogP contribution in [0.1, 0.15) is 11.1 Å². The van der Waals surface area contributed by atoms with Crippen LogP contribution in [0.15, 0.2) is 67.1 Å². The SMILES string of the molecule is Cn1c(=O)/c(=C/c2ccccc2Br)n(C)c(=O)/c1=C/c1ccccc1Br. The Morgan fingerprint density at radius 2 is 1.04 bits per heavy atom. The number of nitrogens with zero attached hydrogens (tertiary/aromatic N) is 2. The van der Waals surface area contributed by atoms with E-state index in [0.717, 1.165) is 20.1 Å². The molecule has 26 heavy (non-hydrogen) atoms. The first-order valence-electron chi connectivity index (χ1n) is 7.88. The molecule has 0 aliphatic rings. The Bertz CT molecular complexity index is 1130. The lowest BCUT2D eigenvalue weighted by Crippen LogP contribution is -2.56. The molecular weight excluding hydrogens is 460 g/mol. The van der Waals surface area contributed by atoms with Crippen molar-refractivity contribution in [2.75, 3.05) is 0 Å². The smallest absolute Gasteiger partial charge is 0.274 e. The fourth-order valence-electron chi connectivity index (χ4n) is 2.65. The Hall–Kier alpha value is -2.18. The van der Waals surface area contributed by atoms with Gasteiger partial charge in [-0.3, -0.25) is 9.59 Å². The molecule has 0 N–H and O–H groups in total. The maximum Gasteiger partial charge on any atom is 0.274 e. The van der Waals surface area contributed by atoms with Crippen LogP contribution in [0, 0.1) is 0 Å². The minimum Gasteiger partial charge on any atom is -0.305 e. The van der Waals surface area contributed by atoms with E-state index < -0.39 is 0 Å². The second-order valence-electron chi connectivity index (χ2n) is 5.83. The second-order valence-corrected chi connectivity index (χ2v) is 7.54. The van der Waals surface area contributed by atoms with Crippen molar-refractivity contribution in [1.82, 2.24) is 9.13 Å². The molecular formula is C20H16Br2N2O2. The monoisotopic (exact) mass is 474 g/mol. The maximum absolute atomic E-state index is 12.9. The third-order valence-electron chi connectivity index (χ3n) is 4.17. The molecule has 0 amide bonds. The Labute approximate surface area is 167 Å². The van der Waals surface area contributed by atoms with Crippen molar-refractivity contribution < 1.29 is 0 Å². The van der Waals surface area contributed by atoms with E-state index in [9.17, 15) is 9.59 Å². The number of hydrogen-bond acceptors (Lipinski definition) is 2. The molecule has 0 radical (unpaired) electrons. The van der Waals surface area contributed by atoms with E-state index in [1.54, 1.807) is 26.2 Å². The average molecular weight is 476 g/mol. The Morgan fingerprint density at radius 3 is 1.38 bits per heavy atom. The highest BCUT2D eigenvalue weighted by Gasteiger charge is 2.07. The summed E-state index contributed by atoms with van der Waals surface area (Å²) in [5, 5.41) is 0.655. The summed E-state index contributed by atoms with van der Waals surface area (Å²) in [4.78, 5) is 25.8. The largest absolute Gasteiger partial charge is 0.305 e. The quantitative estimate of drug-likeness (QED) is 0.570. The summed E-state index contributed by atoms with van der Waals surface area (Å²) in [6.45, 7) is 0. The van der Waals surface area contributed by atoms with Crippen LogP contribution in [-0.4, -0.2) is 9.13 Å². The molecule has 0 aliphatic carbocycles. The third-order valence-corrected chi connectivity index (χ3v) is 5.61. The molecule has 2 aromatic carbocycles. The van der Waals surface area contributed by atoms with Crippen LogP contribution in [0.5, 0.6) is 0 Å². The van der Waals surface area contributed by atoms with Crippen molar-refractivity contribution >= 4 is 44.0 Å². The van der Waals surface area contributed by atoms with Gasteiger partial charge in [0, 0.05) is 23.0 Å². The predicted octanol–water partition coefficient (Wildman–Crippen LogP) is 2.27. The summed E-state index contributed by atoms with van der Waals surface area (Å²) < 4.78 is 4.51. The van der Waals surface area contributed by atoms with Gasteiger partial charge in [0.15, 0.2) is 0 Å². The first-order chi connectivity index (χ1) is 12.4. The van der Waals surface area contributed by atoms with Gasteiger partial charge in [0.2, 0.25) is 0 Å². The number of aromatic nitrogens is 2. The van der Waals surface area contributed by atoms with Crippen molar-refractivity contribution in [3.8, 4) is 0 Å². The first kappa shape index (κ1) is 18.6. The van der Waals surface area contributed by atoms with E-state index in [1.807, 2.05) is 48.5 Å². The van der Waals surface area contributed by atoms with Crippen molar-refractivity contribution in [1.29, 1.82) is 0 Å². The van der Waals surface area contributed by atoms with Crippen molar-refractivity contribution in [3.05, 3.63) is 100 Å². The summed E-state index contributed by atoms with van der Waals surface area (Å²) in [5.41, 5.74) is 1.20. The minimum absolute atomic E-state index is 0.235. The van der Waals surface area contributed by atoms with Gasteiger partial charge in [-0.2, -0.15) is 0 Å². The van der Waals surface area contributed by atoms with Crippen LogP contribution in [0.3, 0.4) is 0 Å². The number of rotatable bonds is 2. The highest BCUT2D eigenvalue weighted by Crippen LogP contribution is 2.16. The molecule has 0 fully saturated rings. The maximum atomic E-state index is 12.9. The van der Waals surface area contributed by atoms with Crippen LogP contribution in [0.25, 0.3) is 12.2 Å². The van der Waals surface area contributed by atoms with Crippen molar-refractivity contribution in [3.63, 3.8) is 0 Å². The molecule has 6 heteroatoms. The molecule has 3 rings (SSSR count). The van der Waals surface area contributed by atoms with Crippen LogP contribution >= 0.6 is 31.9 Å². The van der Waals surface area contributed by atoms with Gasteiger partial charge in [-0.25, -0.2) is 0 Å². The predicted molar refractivity (Wildman–Crippen MR) is 112 cm³/mol. The zero-order chi connectivity index (χ0) is 18.8. The van der Waals surface area contributed by atoms with Gasteiger partial charge >= 0.3 is 0 Å². The lowest BCUT2D eigenvalue weighted by molar-refractivity contribution is 0.696. The Kier molecular flexibility index (Phi) is 5.44. The van der Waals surface area contributed by atoms with E-state index in [1.165, 1.54) is 9.13 Å². The topological polar surface area (TPSA) is 44.0 Å².